The van der Waals surface area contributed by atoms with E-state index in [0.29, 0.717) is 0 Å². The molecule has 0 aromatic heterocycles. The van der Waals surface area contributed by atoms with Crippen molar-refractivity contribution in [3.8, 4) is 0 Å². The highest BCUT2D eigenvalue weighted by Crippen LogP contribution is 2.16. The van der Waals surface area contributed by atoms with Gasteiger partial charge < -0.3 is 14.6 Å². The predicted molar refractivity (Wildman–Crippen MR) is 81.5 cm³/mol. The van der Waals surface area contributed by atoms with Gasteiger partial charge in [0.25, 0.3) is 0 Å². The highest BCUT2D eigenvalue weighted by molar-refractivity contribution is 6.18. The van der Waals surface area contributed by atoms with E-state index in [1.807, 2.05) is 37.3 Å². The van der Waals surface area contributed by atoms with Crippen LogP contribution in [0.2, 0.25) is 0 Å². The van der Waals surface area contributed by atoms with Crippen LogP contribution in [-0.2, 0) is 9.47 Å². The summed E-state index contributed by atoms with van der Waals surface area (Å²) < 4.78 is 9.71. The fourth-order valence-electron chi connectivity index (χ4n) is 1.86. The lowest BCUT2D eigenvalue weighted by atomic mass is 10.0. The monoisotopic (exact) mass is 315 g/mol. The number of aliphatic hydroxyl groups excluding tert-OH is 1. The summed E-state index contributed by atoms with van der Waals surface area (Å²) in [6.45, 7) is 3.69. The van der Waals surface area contributed by atoms with Crippen molar-refractivity contribution in [2.75, 3.05) is 25.7 Å². The van der Waals surface area contributed by atoms with Crippen molar-refractivity contribution in [3.63, 3.8) is 0 Å². The fraction of sp³-hybridized carbons (Fsp3) is 0.533. The molecule has 1 rings (SSSR count). The van der Waals surface area contributed by atoms with Gasteiger partial charge >= 0.3 is 6.16 Å². The minimum absolute atomic E-state index is 0.00178. The van der Waals surface area contributed by atoms with Gasteiger partial charge in [0.15, 0.2) is 0 Å². The summed E-state index contributed by atoms with van der Waals surface area (Å²) in [5.41, 5.74) is 0.330. The quantitative estimate of drug-likeness (QED) is 0.570. The van der Waals surface area contributed by atoms with E-state index < -0.39 is 11.7 Å². The highest BCUT2D eigenvalue weighted by Gasteiger charge is 2.28. The molecule has 0 saturated heterocycles. The van der Waals surface area contributed by atoms with Crippen molar-refractivity contribution in [2.45, 2.75) is 25.4 Å². The Morgan fingerprint density at radius 2 is 2.05 bits per heavy atom. The molecule has 6 heteroatoms. The summed E-state index contributed by atoms with van der Waals surface area (Å²) in [4.78, 5) is 11.3. The number of benzene rings is 1. The lowest BCUT2D eigenvalue weighted by Gasteiger charge is -2.31. The van der Waals surface area contributed by atoms with Gasteiger partial charge in [-0.05, 0) is 19.4 Å². The van der Waals surface area contributed by atoms with Crippen LogP contribution in [0.4, 0.5) is 4.79 Å². The second-order valence-electron chi connectivity index (χ2n) is 5.07. The topological polar surface area (TPSA) is 67.8 Å². The third-order valence-electron chi connectivity index (χ3n) is 3.02. The van der Waals surface area contributed by atoms with E-state index in [4.69, 9.17) is 21.1 Å². The average molecular weight is 316 g/mol. The predicted octanol–water partition coefficient (Wildman–Crippen LogP) is 2.48. The van der Waals surface area contributed by atoms with E-state index in [0.717, 1.165) is 5.56 Å². The number of ether oxygens (including phenoxy) is 2. The molecule has 118 valence electrons. The van der Waals surface area contributed by atoms with Gasteiger partial charge in [0, 0.05) is 6.04 Å². The van der Waals surface area contributed by atoms with Crippen LogP contribution in [0, 0.1) is 0 Å². The summed E-state index contributed by atoms with van der Waals surface area (Å²) in [5.74, 6) is 0.218. The minimum Gasteiger partial charge on any atom is -0.433 e. The zero-order valence-electron chi connectivity index (χ0n) is 12.3. The molecule has 0 fully saturated rings. The number of carbonyl (C=O) groups excluding carboxylic acids is 1. The van der Waals surface area contributed by atoms with Gasteiger partial charge in [-0.2, -0.15) is 0 Å². The van der Waals surface area contributed by atoms with Gasteiger partial charge in [-0.3, -0.25) is 5.32 Å². The number of hydrogen-bond donors (Lipinski definition) is 2. The van der Waals surface area contributed by atoms with E-state index in [2.05, 4.69) is 5.32 Å². The number of carbonyl (C=O) groups is 1. The number of nitrogens with one attached hydrogen (secondary N) is 1. The molecule has 5 nitrogen and oxygen atoms in total. The molecule has 0 aliphatic rings. The largest absolute Gasteiger partial charge is 0.508 e. The molecule has 0 saturated carbocycles. The Morgan fingerprint density at radius 1 is 1.38 bits per heavy atom. The Morgan fingerprint density at radius 3 is 2.62 bits per heavy atom. The molecule has 0 radical (unpaired) electrons. The summed E-state index contributed by atoms with van der Waals surface area (Å²) in [6.07, 6.45) is -0.788. The molecule has 1 aromatic rings. The van der Waals surface area contributed by atoms with Crippen molar-refractivity contribution in [1.29, 1.82) is 0 Å². The van der Waals surface area contributed by atoms with Crippen molar-refractivity contribution in [1.82, 2.24) is 5.32 Å². The van der Waals surface area contributed by atoms with E-state index in [1.54, 1.807) is 6.92 Å². The molecule has 0 heterocycles. The summed E-state index contributed by atoms with van der Waals surface area (Å²) >= 11 is 5.41. The first-order valence-electron chi connectivity index (χ1n) is 6.80. The summed E-state index contributed by atoms with van der Waals surface area (Å²) in [7, 11) is 0. The Bertz CT molecular complexity index is 429. The van der Waals surface area contributed by atoms with Gasteiger partial charge in [0.1, 0.15) is 13.2 Å². The van der Waals surface area contributed by atoms with Crippen LogP contribution in [-0.4, -0.2) is 42.5 Å². The van der Waals surface area contributed by atoms with Crippen LogP contribution >= 0.6 is 11.6 Å². The van der Waals surface area contributed by atoms with Crippen molar-refractivity contribution < 1.29 is 19.4 Å². The molecule has 0 unspecified atom stereocenters. The average Bonchev–Trinajstić information content (AvgIpc) is 2.51. The van der Waals surface area contributed by atoms with Crippen LogP contribution in [0.25, 0.3) is 0 Å². The molecule has 0 bridgehead atoms. The molecule has 0 aliphatic heterocycles. The van der Waals surface area contributed by atoms with E-state index >= 15 is 0 Å². The Hall–Kier alpha value is -1.30. The number of hydrogen-bond acceptors (Lipinski definition) is 5. The molecule has 2 N–H and O–H groups in total. The lowest BCUT2D eigenvalue weighted by molar-refractivity contribution is 0.0233. The van der Waals surface area contributed by atoms with Crippen molar-refractivity contribution in [3.05, 3.63) is 35.9 Å². The zero-order valence-corrected chi connectivity index (χ0v) is 13.1. The molecule has 21 heavy (non-hydrogen) atoms. The first kappa shape index (κ1) is 17.8. The summed E-state index contributed by atoms with van der Waals surface area (Å²) in [5, 5.41) is 12.8. The number of alkyl halides is 1. The van der Waals surface area contributed by atoms with Crippen LogP contribution in [0.5, 0.6) is 0 Å². The highest BCUT2D eigenvalue weighted by atomic mass is 35.5. The van der Waals surface area contributed by atoms with Gasteiger partial charge in [0.2, 0.25) is 0 Å². The minimum atomic E-state index is -0.788. The molecule has 0 amide bonds. The number of halogens is 1. The first-order chi connectivity index (χ1) is 10.0. The molecular weight excluding hydrogens is 294 g/mol. The first-order valence-corrected chi connectivity index (χ1v) is 7.33. The molecular formula is C15H22ClNO4. The molecule has 0 spiro atoms. The number of aliphatic hydroxyl groups is 1. The SMILES string of the molecule is C[C@H](N[C@@](C)(CO)COC(=O)OCCCl)c1ccccc1. The molecule has 0 aliphatic carbocycles. The third kappa shape index (κ3) is 6.33. The van der Waals surface area contributed by atoms with E-state index in [1.165, 1.54) is 0 Å². The Balaban J connectivity index is 2.53. The van der Waals surface area contributed by atoms with Gasteiger partial charge in [-0.1, -0.05) is 30.3 Å². The lowest BCUT2D eigenvalue weighted by Crippen LogP contribution is -2.51. The van der Waals surface area contributed by atoms with Gasteiger partial charge in [0.05, 0.1) is 18.0 Å². The van der Waals surface area contributed by atoms with Crippen LogP contribution < -0.4 is 5.32 Å². The van der Waals surface area contributed by atoms with Crippen LogP contribution in [0.15, 0.2) is 30.3 Å². The smallest absolute Gasteiger partial charge is 0.433 e. The summed E-state index contributed by atoms with van der Waals surface area (Å²) in [6, 6.07) is 9.83. The fourth-order valence-corrected chi connectivity index (χ4v) is 1.94. The maximum Gasteiger partial charge on any atom is 0.508 e. The van der Waals surface area contributed by atoms with E-state index in [-0.39, 0.29) is 31.7 Å². The zero-order chi connectivity index (χ0) is 15.7. The standard InChI is InChI=1S/C15H22ClNO4/c1-12(13-6-4-3-5-7-13)17-15(2,10-18)11-21-14(19)20-9-8-16/h3-7,12,17-18H,8-11H2,1-2H3/t12-,15-/m0/s1. The Kier molecular flexibility index (Phi) is 7.50. The number of rotatable bonds is 8. The van der Waals surface area contributed by atoms with Crippen molar-refractivity contribution in [2.24, 2.45) is 0 Å². The second kappa shape index (κ2) is 8.87. The Labute approximate surface area is 130 Å². The van der Waals surface area contributed by atoms with Gasteiger partial charge in [-0.15, -0.1) is 11.6 Å². The normalized spacial score (nSPS) is 15.0. The van der Waals surface area contributed by atoms with Crippen LogP contribution in [0.1, 0.15) is 25.5 Å². The molecule has 2 atom stereocenters. The van der Waals surface area contributed by atoms with Crippen LogP contribution in [0.3, 0.4) is 0 Å². The maximum absolute atomic E-state index is 11.3. The molecule has 1 aromatic carbocycles. The van der Waals surface area contributed by atoms with E-state index in [9.17, 15) is 9.90 Å². The maximum atomic E-state index is 11.3. The van der Waals surface area contributed by atoms with Crippen molar-refractivity contribution >= 4 is 17.8 Å². The second-order valence-corrected chi connectivity index (χ2v) is 5.45. The van der Waals surface area contributed by atoms with Gasteiger partial charge in [-0.25, -0.2) is 4.79 Å². The third-order valence-corrected chi connectivity index (χ3v) is 3.17.